The van der Waals surface area contributed by atoms with Crippen molar-refractivity contribution in [3.05, 3.63) is 0 Å². The van der Waals surface area contributed by atoms with Gasteiger partial charge in [0.15, 0.2) is 0 Å². The summed E-state index contributed by atoms with van der Waals surface area (Å²) in [7, 11) is 2.08. The second-order valence-corrected chi connectivity index (χ2v) is 6.33. The van der Waals surface area contributed by atoms with E-state index in [0.29, 0.717) is 12.6 Å². The first-order chi connectivity index (χ1) is 9.42. The summed E-state index contributed by atoms with van der Waals surface area (Å²) < 4.78 is 0. The number of rotatable bonds is 4. The standard InChI is InChI=1S/C14H26N4O2.ClH/c1-14(2)12(19)18(13(20)16-14)10-9-17(3)11-5-4-7-15-8-6-11;/h11,15H,4-10H2,1-3H3,(H,16,20);1H. The van der Waals surface area contributed by atoms with Gasteiger partial charge in [0.1, 0.15) is 5.54 Å². The number of carbonyl (C=O) groups excluding carboxylic acids is 2. The van der Waals surface area contributed by atoms with Crippen LogP contribution in [0.15, 0.2) is 0 Å². The fourth-order valence-corrected chi connectivity index (χ4v) is 2.90. The van der Waals surface area contributed by atoms with Crippen LogP contribution in [-0.4, -0.2) is 66.5 Å². The third-order valence-corrected chi connectivity index (χ3v) is 4.29. The Kier molecular flexibility index (Phi) is 6.43. The van der Waals surface area contributed by atoms with E-state index in [9.17, 15) is 9.59 Å². The molecule has 0 aromatic heterocycles. The zero-order chi connectivity index (χ0) is 14.8. The summed E-state index contributed by atoms with van der Waals surface area (Å²) >= 11 is 0. The van der Waals surface area contributed by atoms with E-state index in [4.69, 9.17) is 0 Å². The zero-order valence-corrected chi connectivity index (χ0v) is 14.0. The Morgan fingerprint density at radius 1 is 1.29 bits per heavy atom. The number of carbonyl (C=O) groups is 2. The van der Waals surface area contributed by atoms with E-state index in [0.717, 1.165) is 26.1 Å². The van der Waals surface area contributed by atoms with Crippen molar-refractivity contribution in [3.63, 3.8) is 0 Å². The number of imide groups is 1. The molecular weight excluding hydrogens is 292 g/mol. The van der Waals surface area contributed by atoms with Gasteiger partial charge in [-0.25, -0.2) is 4.79 Å². The molecule has 6 nitrogen and oxygen atoms in total. The minimum atomic E-state index is -0.762. The normalized spacial score (nSPS) is 25.5. The Labute approximate surface area is 133 Å². The van der Waals surface area contributed by atoms with Crippen molar-refractivity contribution in [2.24, 2.45) is 0 Å². The number of hydrogen-bond donors (Lipinski definition) is 2. The molecule has 0 spiro atoms. The van der Waals surface area contributed by atoms with Crippen molar-refractivity contribution < 1.29 is 9.59 Å². The molecule has 7 heteroatoms. The lowest BCUT2D eigenvalue weighted by Crippen LogP contribution is -2.43. The van der Waals surface area contributed by atoms with Crippen molar-refractivity contribution in [1.82, 2.24) is 20.4 Å². The summed E-state index contributed by atoms with van der Waals surface area (Å²) in [5.41, 5.74) is -0.762. The maximum Gasteiger partial charge on any atom is 0.325 e. The zero-order valence-electron chi connectivity index (χ0n) is 13.1. The molecule has 0 saturated carbocycles. The number of amides is 3. The topological polar surface area (TPSA) is 64.7 Å². The summed E-state index contributed by atoms with van der Waals surface area (Å²) in [6.45, 7) is 6.83. The van der Waals surface area contributed by atoms with Crippen LogP contribution >= 0.6 is 12.4 Å². The Hall–Kier alpha value is -0.850. The number of urea groups is 1. The molecule has 0 aliphatic carbocycles. The van der Waals surface area contributed by atoms with E-state index in [1.165, 1.54) is 17.7 Å². The number of nitrogens with one attached hydrogen (secondary N) is 2. The molecular formula is C14H27ClN4O2. The van der Waals surface area contributed by atoms with Crippen molar-refractivity contribution in [2.75, 3.05) is 33.2 Å². The molecule has 0 aromatic carbocycles. The molecule has 1 unspecified atom stereocenters. The van der Waals surface area contributed by atoms with E-state index >= 15 is 0 Å². The van der Waals surface area contributed by atoms with E-state index in [1.54, 1.807) is 13.8 Å². The molecule has 21 heavy (non-hydrogen) atoms. The van der Waals surface area contributed by atoms with Gasteiger partial charge >= 0.3 is 6.03 Å². The number of hydrogen-bond acceptors (Lipinski definition) is 4. The average Bonchev–Trinajstić information content (AvgIpc) is 2.61. The number of likely N-dealkylation sites (N-methyl/N-ethyl adjacent to an activating group) is 1. The Balaban J connectivity index is 0.00000220. The van der Waals surface area contributed by atoms with Crippen LogP contribution in [0, 0.1) is 0 Å². The summed E-state index contributed by atoms with van der Waals surface area (Å²) in [5, 5.41) is 6.11. The second-order valence-electron chi connectivity index (χ2n) is 6.33. The molecule has 2 rings (SSSR count). The number of halogens is 1. The first-order valence-electron chi connectivity index (χ1n) is 7.47. The summed E-state index contributed by atoms with van der Waals surface area (Å²) in [5.74, 6) is -0.126. The molecule has 2 aliphatic rings. The molecule has 3 amide bonds. The summed E-state index contributed by atoms with van der Waals surface area (Å²) in [4.78, 5) is 27.5. The van der Waals surface area contributed by atoms with Gasteiger partial charge in [0, 0.05) is 19.1 Å². The largest absolute Gasteiger partial charge is 0.325 e. The maximum atomic E-state index is 12.1. The highest BCUT2D eigenvalue weighted by molar-refractivity contribution is 6.06. The Morgan fingerprint density at radius 2 is 2.00 bits per heavy atom. The van der Waals surface area contributed by atoms with Crippen molar-refractivity contribution in [1.29, 1.82) is 0 Å². The van der Waals surface area contributed by atoms with E-state index in [2.05, 4.69) is 22.6 Å². The smallest absolute Gasteiger partial charge is 0.324 e. The van der Waals surface area contributed by atoms with Crippen molar-refractivity contribution >= 4 is 24.3 Å². The lowest BCUT2D eigenvalue weighted by molar-refractivity contribution is -0.130. The van der Waals surface area contributed by atoms with Crippen LogP contribution < -0.4 is 10.6 Å². The van der Waals surface area contributed by atoms with Crippen molar-refractivity contribution in [3.8, 4) is 0 Å². The molecule has 1 atom stereocenters. The van der Waals surface area contributed by atoms with Gasteiger partial charge in [-0.2, -0.15) is 0 Å². The molecule has 2 saturated heterocycles. The quantitative estimate of drug-likeness (QED) is 0.753. The monoisotopic (exact) mass is 318 g/mol. The van der Waals surface area contributed by atoms with Gasteiger partial charge in [-0.15, -0.1) is 12.4 Å². The molecule has 0 aromatic rings. The van der Waals surface area contributed by atoms with Gasteiger partial charge in [0.2, 0.25) is 0 Å². The lowest BCUT2D eigenvalue weighted by Gasteiger charge is -2.28. The predicted molar refractivity (Wildman–Crippen MR) is 84.7 cm³/mol. The third-order valence-electron chi connectivity index (χ3n) is 4.29. The molecule has 0 bridgehead atoms. The van der Waals surface area contributed by atoms with Crippen LogP contribution in [0.25, 0.3) is 0 Å². The van der Waals surface area contributed by atoms with Gasteiger partial charge in [0.25, 0.3) is 5.91 Å². The van der Waals surface area contributed by atoms with E-state index in [1.807, 2.05) is 0 Å². The molecule has 2 heterocycles. The van der Waals surface area contributed by atoms with Crippen LogP contribution in [0.2, 0.25) is 0 Å². The van der Waals surface area contributed by atoms with Gasteiger partial charge in [-0.05, 0) is 53.2 Å². The predicted octanol–water partition coefficient (Wildman–Crippen LogP) is 0.812. The average molecular weight is 319 g/mol. The summed E-state index contributed by atoms with van der Waals surface area (Å²) in [6.07, 6.45) is 3.49. The van der Waals surface area contributed by atoms with Crippen LogP contribution in [0.4, 0.5) is 4.79 Å². The first-order valence-corrected chi connectivity index (χ1v) is 7.47. The molecule has 2 aliphatic heterocycles. The second kappa shape index (κ2) is 7.42. The van der Waals surface area contributed by atoms with Gasteiger partial charge in [-0.3, -0.25) is 9.69 Å². The van der Waals surface area contributed by atoms with Gasteiger partial charge in [-0.1, -0.05) is 0 Å². The molecule has 2 fully saturated rings. The molecule has 122 valence electrons. The molecule has 0 radical (unpaired) electrons. The Morgan fingerprint density at radius 3 is 2.62 bits per heavy atom. The molecule has 2 N–H and O–H groups in total. The highest BCUT2D eigenvalue weighted by Crippen LogP contribution is 2.17. The first kappa shape index (κ1) is 18.2. The van der Waals surface area contributed by atoms with Crippen LogP contribution in [0.3, 0.4) is 0 Å². The number of nitrogens with zero attached hydrogens (tertiary/aromatic N) is 2. The van der Waals surface area contributed by atoms with Crippen LogP contribution in [0.5, 0.6) is 0 Å². The summed E-state index contributed by atoms with van der Waals surface area (Å²) in [6, 6.07) is 0.273. The minimum Gasteiger partial charge on any atom is -0.324 e. The van der Waals surface area contributed by atoms with Gasteiger partial charge in [0.05, 0.1) is 0 Å². The highest BCUT2D eigenvalue weighted by atomic mass is 35.5. The van der Waals surface area contributed by atoms with E-state index < -0.39 is 5.54 Å². The fraction of sp³-hybridized carbons (Fsp3) is 0.857. The van der Waals surface area contributed by atoms with Crippen molar-refractivity contribution in [2.45, 2.75) is 44.7 Å². The van der Waals surface area contributed by atoms with Gasteiger partial charge < -0.3 is 15.5 Å². The van der Waals surface area contributed by atoms with Crippen LogP contribution in [-0.2, 0) is 4.79 Å². The maximum absolute atomic E-state index is 12.1. The van der Waals surface area contributed by atoms with E-state index in [-0.39, 0.29) is 24.3 Å². The Bertz CT molecular complexity index is 381. The fourth-order valence-electron chi connectivity index (χ4n) is 2.90. The highest BCUT2D eigenvalue weighted by Gasteiger charge is 2.43. The lowest BCUT2D eigenvalue weighted by atomic mass is 10.1. The third kappa shape index (κ3) is 4.31. The minimum absolute atomic E-state index is 0. The van der Waals surface area contributed by atoms with Crippen LogP contribution in [0.1, 0.15) is 33.1 Å². The SMILES string of the molecule is CN(CCN1C(=O)NC(C)(C)C1=O)C1CCCNCC1.Cl.